The molecule has 4 aliphatic rings. The summed E-state index contributed by atoms with van der Waals surface area (Å²) >= 11 is 0. The van der Waals surface area contributed by atoms with Crippen LogP contribution in [0.5, 0.6) is 0 Å². The van der Waals surface area contributed by atoms with Gasteiger partial charge in [0.05, 0.1) is 23.1 Å². The van der Waals surface area contributed by atoms with Gasteiger partial charge < -0.3 is 10.1 Å². The van der Waals surface area contributed by atoms with Gasteiger partial charge in [0.25, 0.3) is 5.91 Å². The fourth-order valence-electron chi connectivity index (χ4n) is 7.10. The van der Waals surface area contributed by atoms with E-state index in [0.29, 0.717) is 5.69 Å². The molecule has 0 unspecified atom stereocenters. The Hall–Kier alpha value is -5.04. The first-order chi connectivity index (χ1) is 20.5. The predicted molar refractivity (Wildman–Crippen MR) is 157 cm³/mol. The average Bonchev–Trinajstić information content (AvgIpc) is 3.29. The maximum atomic E-state index is 14.2. The van der Waals surface area contributed by atoms with E-state index in [-0.39, 0.29) is 34.9 Å². The number of carbonyl (C=O) groups excluding carboxylic acids is 4. The molecule has 1 heterocycles. The standard InChI is InChI=1S/C35H28N2O5/c1-2-20-11-3-9-17-26(20)36-28(38)19-42-35(41)25-16-8-10-18-27(25)37-33(39)31-29-21-12-4-5-13-22(21)30(32(31)34(37)40)24-15-7-6-14-23(24)29/h3-18,29-32H,2,19H2,1H3,(H,36,38)/t29?,30?,31-,32-/m0/s1. The van der Waals surface area contributed by atoms with Crippen LogP contribution in [0.3, 0.4) is 0 Å². The normalized spacial score (nSPS) is 21.4. The Balaban J connectivity index is 1.17. The van der Waals surface area contributed by atoms with Gasteiger partial charge in [0.1, 0.15) is 0 Å². The highest BCUT2D eigenvalue weighted by molar-refractivity contribution is 6.25. The maximum Gasteiger partial charge on any atom is 0.340 e. The monoisotopic (exact) mass is 556 g/mol. The summed E-state index contributed by atoms with van der Waals surface area (Å²) in [4.78, 5) is 55.4. The Bertz CT molecular complexity index is 1660. The van der Waals surface area contributed by atoms with Crippen LogP contribution in [0, 0.1) is 11.8 Å². The molecule has 3 amide bonds. The predicted octanol–water partition coefficient (Wildman–Crippen LogP) is 5.44. The molecular weight excluding hydrogens is 528 g/mol. The van der Waals surface area contributed by atoms with Crippen LogP contribution in [0.15, 0.2) is 97.1 Å². The molecule has 42 heavy (non-hydrogen) atoms. The van der Waals surface area contributed by atoms with E-state index in [1.165, 1.54) is 11.0 Å². The van der Waals surface area contributed by atoms with Gasteiger partial charge in [-0.05, 0) is 52.4 Å². The van der Waals surface area contributed by atoms with E-state index < -0.39 is 30.3 Å². The van der Waals surface area contributed by atoms with Crippen LogP contribution < -0.4 is 10.2 Å². The molecule has 208 valence electrons. The van der Waals surface area contributed by atoms with Crippen LogP contribution in [0.4, 0.5) is 11.4 Å². The summed E-state index contributed by atoms with van der Waals surface area (Å²) in [5, 5.41) is 2.79. The van der Waals surface area contributed by atoms with Crippen molar-refractivity contribution < 1.29 is 23.9 Å². The molecule has 7 nitrogen and oxygen atoms in total. The molecule has 0 aromatic heterocycles. The zero-order valence-corrected chi connectivity index (χ0v) is 22.9. The number of nitrogens with one attached hydrogen (secondary N) is 1. The fourth-order valence-corrected chi connectivity index (χ4v) is 7.10. The number of hydrogen-bond donors (Lipinski definition) is 1. The molecule has 3 aliphatic carbocycles. The number of amides is 3. The number of rotatable bonds is 6. The topological polar surface area (TPSA) is 92.8 Å². The van der Waals surface area contributed by atoms with Crippen molar-refractivity contribution in [2.75, 3.05) is 16.8 Å². The van der Waals surface area contributed by atoms with Gasteiger partial charge in [0.15, 0.2) is 6.61 Å². The number of imide groups is 1. The quantitative estimate of drug-likeness (QED) is 0.252. The van der Waals surface area contributed by atoms with E-state index in [9.17, 15) is 19.2 Å². The molecule has 2 bridgehead atoms. The van der Waals surface area contributed by atoms with E-state index >= 15 is 0 Å². The highest BCUT2D eigenvalue weighted by Crippen LogP contribution is 2.61. The van der Waals surface area contributed by atoms with Crippen molar-refractivity contribution >= 4 is 35.1 Å². The summed E-state index contributed by atoms with van der Waals surface area (Å²) in [5.74, 6) is -3.54. The minimum Gasteiger partial charge on any atom is -0.452 e. The molecule has 1 saturated heterocycles. The lowest BCUT2D eigenvalue weighted by atomic mass is 9.55. The number of hydrogen-bond acceptors (Lipinski definition) is 5. The Morgan fingerprint density at radius 3 is 1.79 bits per heavy atom. The number of nitrogens with zero attached hydrogens (tertiary/aromatic N) is 1. The molecule has 1 aliphatic heterocycles. The van der Waals surface area contributed by atoms with Gasteiger partial charge >= 0.3 is 5.97 Å². The molecule has 7 heteroatoms. The Kier molecular flexibility index (Phi) is 6.23. The first-order valence-electron chi connectivity index (χ1n) is 14.2. The van der Waals surface area contributed by atoms with Crippen LogP contribution >= 0.6 is 0 Å². The summed E-state index contributed by atoms with van der Waals surface area (Å²) in [6.45, 7) is 1.48. The van der Waals surface area contributed by atoms with Gasteiger partial charge in [0, 0.05) is 17.5 Å². The lowest BCUT2D eigenvalue weighted by Gasteiger charge is -2.45. The van der Waals surface area contributed by atoms with Gasteiger partial charge in [0.2, 0.25) is 11.8 Å². The lowest BCUT2D eigenvalue weighted by molar-refractivity contribution is -0.122. The van der Waals surface area contributed by atoms with Gasteiger partial charge in [-0.25, -0.2) is 9.69 Å². The van der Waals surface area contributed by atoms with E-state index in [4.69, 9.17) is 4.74 Å². The maximum absolute atomic E-state index is 14.2. The Morgan fingerprint density at radius 1 is 0.714 bits per heavy atom. The third-order valence-electron chi connectivity index (χ3n) is 8.82. The first kappa shape index (κ1) is 25.9. The van der Waals surface area contributed by atoms with E-state index in [0.717, 1.165) is 34.2 Å². The van der Waals surface area contributed by atoms with Crippen molar-refractivity contribution in [1.29, 1.82) is 0 Å². The van der Waals surface area contributed by atoms with E-state index in [1.807, 2.05) is 49.4 Å². The van der Waals surface area contributed by atoms with Crippen molar-refractivity contribution in [2.24, 2.45) is 11.8 Å². The molecule has 0 saturated carbocycles. The average molecular weight is 557 g/mol. The molecule has 1 fully saturated rings. The van der Waals surface area contributed by atoms with E-state index in [2.05, 4.69) is 29.6 Å². The van der Waals surface area contributed by atoms with Gasteiger partial charge in [-0.15, -0.1) is 0 Å². The van der Waals surface area contributed by atoms with Gasteiger partial charge in [-0.1, -0.05) is 85.8 Å². The van der Waals surface area contributed by atoms with Crippen molar-refractivity contribution in [3.8, 4) is 0 Å². The Morgan fingerprint density at radius 2 is 1.21 bits per heavy atom. The number of para-hydroxylation sites is 2. The first-order valence-corrected chi connectivity index (χ1v) is 14.2. The van der Waals surface area contributed by atoms with Crippen LogP contribution in [0.25, 0.3) is 0 Å². The Labute approximate surface area is 243 Å². The second kappa shape index (κ2) is 10.1. The third kappa shape index (κ3) is 3.88. The second-order valence-corrected chi connectivity index (χ2v) is 10.9. The van der Waals surface area contributed by atoms with Gasteiger partial charge in [-0.2, -0.15) is 0 Å². The lowest BCUT2D eigenvalue weighted by Crippen LogP contribution is -2.41. The smallest absolute Gasteiger partial charge is 0.340 e. The van der Waals surface area contributed by atoms with E-state index in [1.54, 1.807) is 24.3 Å². The summed E-state index contributed by atoms with van der Waals surface area (Å²) in [6, 6.07) is 29.9. The molecule has 8 rings (SSSR count). The minimum absolute atomic E-state index is 0.0574. The number of benzene rings is 4. The summed E-state index contributed by atoms with van der Waals surface area (Å²) in [6.07, 6.45) is 0.737. The van der Waals surface area contributed by atoms with Gasteiger partial charge in [-0.3, -0.25) is 14.4 Å². The van der Waals surface area contributed by atoms with Crippen molar-refractivity contribution in [3.05, 3.63) is 130 Å². The number of carbonyl (C=O) groups is 4. The zero-order chi connectivity index (χ0) is 29.0. The van der Waals surface area contributed by atoms with Crippen molar-refractivity contribution in [2.45, 2.75) is 25.2 Å². The summed E-state index contributed by atoms with van der Waals surface area (Å²) in [7, 11) is 0. The highest BCUT2D eigenvalue weighted by atomic mass is 16.5. The number of aryl methyl sites for hydroxylation is 1. The fraction of sp³-hybridized carbons (Fsp3) is 0.200. The zero-order valence-electron chi connectivity index (χ0n) is 22.9. The molecule has 0 radical (unpaired) electrons. The number of anilines is 2. The molecular formula is C35H28N2O5. The third-order valence-corrected chi connectivity index (χ3v) is 8.82. The van der Waals surface area contributed by atoms with Crippen LogP contribution in [-0.2, 0) is 25.5 Å². The van der Waals surface area contributed by atoms with Crippen LogP contribution in [0.1, 0.15) is 56.9 Å². The van der Waals surface area contributed by atoms with Crippen LogP contribution in [-0.4, -0.2) is 30.3 Å². The highest BCUT2D eigenvalue weighted by Gasteiger charge is 2.62. The molecule has 4 aromatic carbocycles. The second-order valence-electron chi connectivity index (χ2n) is 10.9. The van der Waals surface area contributed by atoms with Crippen LogP contribution in [0.2, 0.25) is 0 Å². The molecule has 0 spiro atoms. The number of ether oxygens (including phenoxy) is 1. The SMILES string of the molecule is CCc1ccccc1NC(=O)COC(=O)c1ccccc1N1C(=O)[C@H]2C3c4ccccc4C(c4ccccc43)[C@@H]2C1=O. The summed E-state index contributed by atoms with van der Waals surface area (Å²) in [5.41, 5.74) is 6.17. The molecule has 2 atom stereocenters. The minimum atomic E-state index is -0.783. The molecule has 1 N–H and O–H groups in total. The largest absolute Gasteiger partial charge is 0.452 e. The summed E-state index contributed by atoms with van der Waals surface area (Å²) < 4.78 is 5.38. The van der Waals surface area contributed by atoms with Crippen molar-refractivity contribution in [3.63, 3.8) is 0 Å². The van der Waals surface area contributed by atoms with Crippen molar-refractivity contribution in [1.82, 2.24) is 0 Å². The number of esters is 1. The molecule has 4 aromatic rings.